The molecule has 2 amide bonds. The largest absolute Gasteiger partial charge is 0.522 e. The highest BCUT2D eigenvalue weighted by Crippen LogP contribution is 2.39. The van der Waals surface area contributed by atoms with E-state index in [4.69, 9.17) is 0 Å². The first-order valence-corrected chi connectivity index (χ1v) is 16.4. The lowest BCUT2D eigenvalue weighted by atomic mass is 9.74. The Bertz CT molecular complexity index is 1830. The highest BCUT2D eigenvalue weighted by Gasteiger charge is 2.47. The number of alkyl halides is 3. The fourth-order valence-electron chi connectivity index (χ4n) is 7.17. The van der Waals surface area contributed by atoms with Crippen molar-refractivity contribution in [2.75, 3.05) is 43.6 Å². The molecular formula is C32H40F3N9O5. The number of pyridine rings is 1. The number of ether oxygens (including phenoxy) is 1. The van der Waals surface area contributed by atoms with Gasteiger partial charge in [-0.1, -0.05) is 6.92 Å². The molecule has 6 rings (SSSR count). The van der Waals surface area contributed by atoms with Gasteiger partial charge in [-0.2, -0.15) is 0 Å². The van der Waals surface area contributed by atoms with Crippen molar-refractivity contribution >= 4 is 34.5 Å². The lowest BCUT2D eigenvalue weighted by molar-refractivity contribution is -0.326. The number of anilines is 2. The minimum atomic E-state index is -4.75. The van der Waals surface area contributed by atoms with Gasteiger partial charge in [-0.3, -0.25) is 19.1 Å². The fraction of sp³-hybridized carbons (Fsp3) is 0.594. The molecule has 3 aromatic heterocycles. The summed E-state index contributed by atoms with van der Waals surface area (Å²) in [4.78, 5) is 64.2. The van der Waals surface area contributed by atoms with Gasteiger partial charge in [-0.05, 0) is 51.9 Å². The monoisotopic (exact) mass is 687 g/mol. The number of nitrogens with one attached hydrogen (secondary N) is 1. The fourth-order valence-corrected chi connectivity index (χ4v) is 7.17. The molecule has 4 heterocycles. The van der Waals surface area contributed by atoms with Crippen LogP contribution in [0.4, 0.5) is 24.7 Å². The van der Waals surface area contributed by atoms with Crippen molar-refractivity contribution in [2.24, 2.45) is 0 Å². The van der Waals surface area contributed by atoms with Crippen LogP contribution in [0.15, 0.2) is 17.3 Å². The van der Waals surface area contributed by atoms with E-state index in [0.717, 1.165) is 6.42 Å². The Balaban J connectivity index is 1.34. The van der Waals surface area contributed by atoms with Crippen LogP contribution in [0.3, 0.4) is 0 Å². The van der Waals surface area contributed by atoms with Crippen molar-refractivity contribution in [1.82, 2.24) is 34.7 Å². The first-order chi connectivity index (χ1) is 23.2. The standard InChI is InChI=1S/C32H40F3N9O5/c1-5-19-26(42-12-13-43(21-8-7-20(21)42)30(48)25-27(46)18(2)37-17-38-25)28(47)24-29(36-15-22(39-24)41(3)4)44(19)16-23(45)40-31(9-6-10-31)11-14-49-32(33,34)35/h15,17,20-21,46H,5-14,16H2,1-4H3,(H,40,45)/t20-,21-/m0/s1. The van der Waals surface area contributed by atoms with Gasteiger partial charge in [0.1, 0.15) is 24.4 Å². The molecule has 0 radical (unpaired) electrons. The maximum atomic E-state index is 14.4. The lowest BCUT2D eigenvalue weighted by Gasteiger charge is -2.54. The Morgan fingerprint density at radius 3 is 2.49 bits per heavy atom. The molecule has 3 aliphatic rings. The van der Waals surface area contributed by atoms with E-state index in [2.05, 4.69) is 30.0 Å². The van der Waals surface area contributed by atoms with Crippen LogP contribution in [0.2, 0.25) is 0 Å². The molecule has 2 atom stereocenters. The molecule has 2 N–H and O–H groups in total. The number of aryl methyl sites for hydroxylation is 1. The SMILES string of the molecule is CCc1c(N2CCN(C(=O)c3ncnc(C)c3O)[C@H]3CC[C@@H]32)c(=O)c2nc(N(C)C)cnc2n1CC(=O)NC1(CCOC(F)(F)F)CCC1. The second-order valence-electron chi connectivity index (χ2n) is 13.1. The Morgan fingerprint density at radius 2 is 1.88 bits per heavy atom. The molecule has 1 aliphatic heterocycles. The summed E-state index contributed by atoms with van der Waals surface area (Å²) in [5.74, 6) is -0.646. The van der Waals surface area contributed by atoms with Crippen LogP contribution >= 0.6 is 0 Å². The van der Waals surface area contributed by atoms with E-state index in [9.17, 15) is 32.7 Å². The van der Waals surface area contributed by atoms with Crippen LogP contribution in [0.5, 0.6) is 5.75 Å². The number of piperazine rings is 1. The summed E-state index contributed by atoms with van der Waals surface area (Å²) in [6, 6.07) is -0.457. The quantitative estimate of drug-likeness (QED) is 0.323. The van der Waals surface area contributed by atoms with Crippen molar-refractivity contribution in [3.63, 3.8) is 0 Å². The van der Waals surface area contributed by atoms with Gasteiger partial charge in [-0.25, -0.2) is 19.9 Å². The van der Waals surface area contributed by atoms with Crippen molar-refractivity contribution in [2.45, 2.75) is 89.3 Å². The predicted octanol–water partition coefficient (Wildman–Crippen LogP) is 2.68. The second kappa shape index (κ2) is 13.1. The number of aromatic nitrogens is 5. The summed E-state index contributed by atoms with van der Waals surface area (Å²) in [6.07, 6.45) is 1.60. The van der Waals surface area contributed by atoms with Gasteiger partial charge in [0.15, 0.2) is 22.6 Å². The van der Waals surface area contributed by atoms with E-state index in [1.165, 1.54) is 12.5 Å². The third-order valence-corrected chi connectivity index (χ3v) is 10.0. The number of aromatic hydroxyl groups is 1. The van der Waals surface area contributed by atoms with Crippen LogP contribution in [-0.2, 0) is 22.5 Å². The normalized spacial score (nSPS) is 20.0. The molecule has 0 spiro atoms. The van der Waals surface area contributed by atoms with Gasteiger partial charge in [0.2, 0.25) is 11.3 Å². The highest BCUT2D eigenvalue weighted by atomic mass is 19.4. The molecule has 0 aromatic carbocycles. The third kappa shape index (κ3) is 6.47. The zero-order valence-corrected chi connectivity index (χ0v) is 27.9. The molecule has 3 aromatic rings. The number of amides is 2. The van der Waals surface area contributed by atoms with Crippen molar-refractivity contribution < 1.29 is 32.6 Å². The molecule has 2 saturated carbocycles. The maximum absolute atomic E-state index is 14.4. The zero-order valence-electron chi connectivity index (χ0n) is 27.9. The lowest BCUT2D eigenvalue weighted by Crippen LogP contribution is -2.67. The number of hydrogen-bond acceptors (Lipinski definition) is 11. The number of fused-ring (bicyclic) bond motifs is 2. The molecule has 49 heavy (non-hydrogen) atoms. The van der Waals surface area contributed by atoms with Gasteiger partial charge in [0.25, 0.3) is 5.91 Å². The number of carbonyl (C=O) groups is 2. The van der Waals surface area contributed by atoms with Crippen LogP contribution in [0.25, 0.3) is 11.2 Å². The summed E-state index contributed by atoms with van der Waals surface area (Å²) in [5.41, 5.74) is 0.335. The average Bonchev–Trinajstić information content (AvgIpc) is 3.01. The van der Waals surface area contributed by atoms with Crippen LogP contribution in [-0.4, -0.2) is 104 Å². The minimum Gasteiger partial charge on any atom is -0.504 e. The molecular weight excluding hydrogens is 647 g/mol. The van der Waals surface area contributed by atoms with Crippen LogP contribution in [0, 0.1) is 6.92 Å². The van der Waals surface area contributed by atoms with Gasteiger partial charge < -0.3 is 29.7 Å². The van der Waals surface area contributed by atoms with E-state index in [0.29, 0.717) is 61.5 Å². The van der Waals surface area contributed by atoms with Crippen molar-refractivity contribution in [1.29, 1.82) is 0 Å². The van der Waals surface area contributed by atoms with E-state index in [1.807, 2.05) is 11.8 Å². The predicted molar refractivity (Wildman–Crippen MR) is 172 cm³/mol. The van der Waals surface area contributed by atoms with Gasteiger partial charge in [0.05, 0.1) is 24.5 Å². The summed E-state index contributed by atoms with van der Waals surface area (Å²) in [7, 11) is 3.55. The Morgan fingerprint density at radius 1 is 1.14 bits per heavy atom. The Labute approximate surface area is 280 Å². The van der Waals surface area contributed by atoms with E-state index in [1.54, 1.807) is 35.4 Å². The Kier molecular flexibility index (Phi) is 9.15. The van der Waals surface area contributed by atoms with Gasteiger partial charge >= 0.3 is 6.36 Å². The number of halogens is 3. The Hall–Kier alpha value is -4.54. The highest BCUT2D eigenvalue weighted by molar-refractivity contribution is 5.95. The summed E-state index contributed by atoms with van der Waals surface area (Å²) < 4.78 is 43.7. The van der Waals surface area contributed by atoms with E-state index < -0.39 is 30.3 Å². The molecule has 0 unspecified atom stereocenters. The zero-order chi connectivity index (χ0) is 35.2. The molecule has 3 fully saturated rings. The van der Waals surface area contributed by atoms with E-state index >= 15 is 0 Å². The first kappa shape index (κ1) is 34.3. The van der Waals surface area contributed by atoms with E-state index in [-0.39, 0.29) is 59.6 Å². The van der Waals surface area contributed by atoms with Gasteiger partial charge in [0, 0.05) is 44.5 Å². The first-order valence-electron chi connectivity index (χ1n) is 16.4. The molecule has 0 bridgehead atoms. The topological polar surface area (TPSA) is 159 Å². The summed E-state index contributed by atoms with van der Waals surface area (Å²) in [6.45, 7) is 3.23. The maximum Gasteiger partial charge on any atom is 0.522 e. The van der Waals surface area contributed by atoms with Crippen molar-refractivity contribution in [3.05, 3.63) is 39.8 Å². The number of carbonyl (C=O) groups excluding carboxylic acids is 2. The third-order valence-electron chi connectivity index (χ3n) is 10.0. The number of hydrogen-bond donors (Lipinski definition) is 2. The molecule has 17 heteroatoms. The van der Waals surface area contributed by atoms with Crippen LogP contribution in [0.1, 0.15) is 67.3 Å². The number of nitrogens with zero attached hydrogens (tertiary/aromatic N) is 8. The summed E-state index contributed by atoms with van der Waals surface area (Å²) >= 11 is 0. The van der Waals surface area contributed by atoms with Gasteiger partial charge in [-0.15, -0.1) is 13.2 Å². The average molecular weight is 688 g/mol. The molecule has 1 saturated heterocycles. The van der Waals surface area contributed by atoms with Crippen molar-refractivity contribution in [3.8, 4) is 5.75 Å². The molecule has 264 valence electrons. The number of rotatable bonds is 10. The molecule has 2 aliphatic carbocycles. The molecule has 14 nitrogen and oxygen atoms in total. The van der Waals surface area contributed by atoms with Crippen LogP contribution < -0.4 is 20.5 Å². The smallest absolute Gasteiger partial charge is 0.504 e. The second-order valence-corrected chi connectivity index (χ2v) is 13.1. The minimum absolute atomic E-state index is 0.0134. The summed E-state index contributed by atoms with van der Waals surface area (Å²) in [5, 5.41) is 13.5.